The molecule has 1 heterocycles. The number of carbonyl (C=O) groups excluding carboxylic acids is 1. The minimum Gasteiger partial charge on any atom is -0.322 e. The molecule has 0 saturated carbocycles. The Morgan fingerprint density at radius 1 is 1.45 bits per heavy atom. The summed E-state index contributed by atoms with van der Waals surface area (Å²) in [4.78, 5) is 13.7. The van der Waals surface area contributed by atoms with Crippen LogP contribution in [0.15, 0.2) is 60.7 Å². The zero-order valence-electron chi connectivity index (χ0n) is 11.6. The molecule has 104 valence electrons. The molecule has 0 N–H and O–H groups in total. The van der Waals surface area contributed by atoms with Crippen molar-refractivity contribution >= 4 is 17.9 Å². The summed E-state index contributed by atoms with van der Waals surface area (Å²) in [5, 5.41) is -0.191. The first-order chi connectivity index (χ1) is 9.69. The van der Waals surface area contributed by atoms with Crippen molar-refractivity contribution in [3.8, 4) is 0 Å². The first kappa shape index (κ1) is 14.7. The zero-order chi connectivity index (χ0) is 14.5. The van der Waals surface area contributed by atoms with E-state index in [1.807, 2.05) is 37.3 Å². The van der Waals surface area contributed by atoms with Crippen LogP contribution in [0.2, 0.25) is 0 Å². The number of benzene rings is 1. The molecule has 0 saturated heterocycles. The van der Waals surface area contributed by atoms with Crippen molar-refractivity contribution in [2.24, 2.45) is 0 Å². The fraction of sp³-hybridized carbons (Fsp3) is 0.235. The van der Waals surface area contributed by atoms with Crippen LogP contribution in [0.1, 0.15) is 24.1 Å². The SMILES string of the molecule is C=C/C=C(\C=C/C)[C@H]1c2ccccc2CCN1C(=O)S. The fourth-order valence-corrected chi connectivity index (χ4v) is 2.91. The van der Waals surface area contributed by atoms with Gasteiger partial charge in [-0.15, -0.1) is 0 Å². The number of amides is 1. The molecule has 0 bridgehead atoms. The summed E-state index contributed by atoms with van der Waals surface area (Å²) in [5.41, 5.74) is 3.52. The maximum absolute atomic E-state index is 11.8. The van der Waals surface area contributed by atoms with Crippen LogP contribution in [0.3, 0.4) is 0 Å². The van der Waals surface area contributed by atoms with Crippen molar-refractivity contribution in [1.82, 2.24) is 4.90 Å². The molecule has 0 unspecified atom stereocenters. The van der Waals surface area contributed by atoms with Crippen molar-refractivity contribution in [1.29, 1.82) is 0 Å². The highest BCUT2D eigenvalue weighted by Crippen LogP contribution is 2.36. The van der Waals surface area contributed by atoms with Gasteiger partial charge in [-0.05, 0) is 30.0 Å². The normalized spacial score (nSPS) is 19.0. The van der Waals surface area contributed by atoms with Crippen LogP contribution >= 0.6 is 12.6 Å². The molecule has 20 heavy (non-hydrogen) atoms. The maximum atomic E-state index is 11.8. The second-order valence-corrected chi connectivity index (χ2v) is 5.11. The minimum absolute atomic E-state index is 0.0841. The molecular formula is C17H19NOS. The van der Waals surface area contributed by atoms with Crippen LogP contribution in [0, 0.1) is 0 Å². The molecule has 1 amide bonds. The lowest BCUT2D eigenvalue weighted by Crippen LogP contribution is -2.38. The number of hydrogen-bond donors (Lipinski definition) is 1. The Balaban J connectivity index is 2.56. The first-order valence-electron chi connectivity index (χ1n) is 6.71. The molecule has 2 rings (SSSR count). The van der Waals surface area contributed by atoms with Crippen LogP contribution in [-0.2, 0) is 6.42 Å². The second-order valence-electron chi connectivity index (χ2n) is 4.73. The predicted molar refractivity (Wildman–Crippen MR) is 87.1 cm³/mol. The Bertz CT molecular complexity index is 574. The molecule has 0 radical (unpaired) electrons. The Labute approximate surface area is 125 Å². The molecule has 1 aromatic rings. The van der Waals surface area contributed by atoms with Gasteiger partial charge in [0.1, 0.15) is 0 Å². The highest BCUT2D eigenvalue weighted by atomic mass is 32.1. The summed E-state index contributed by atoms with van der Waals surface area (Å²) in [7, 11) is 0. The molecule has 1 aliphatic heterocycles. The first-order valence-corrected chi connectivity index (χ1v) is 7.16. The molecule has 0 spiro atoms. The van der Waals surface area contributed by atoms with Gasteiger partial charge < -0.3 is 4.90 Å². The number of allylic oxidation sites excluding steroid dienone is 3. The van der Waals surface area contributed by atoms with Gasteiger partial charge in [0, 0.05) is 6.54 Å². The van der Waals surface area contributed by atoms with Gasteiger partial charge in [-0.1, -0.05) is 67.8 Å². The average molecular weight is 285 g/mol. The lowest BCUT2D eigenvalue weighted by Gasteiger charge is -2.37. The van der Waals surface area contributed by atoms with Gasteiger partial charge >= 0.3 is 0 Å². The Hall–Kier alpha value is -1.74. The molecular weight excluding hydrogens is 266 g/mol. The highest BCUT2D eigenvalue weighted by molar-refractivity contribution is 7.96. The lowest BCUT2D eigenvalue weighted by molar-refractivity contribution is 0.206. The van der Waals surface area contributed by atoms with Gasteiger partial charge in [0.05, 0.1) is 6.04 Å². The van der Waals surface area contributed by atoms with E-state index in [0.29, 0.717) is 6.54 Å². The fourth-order valence-electron chi connectivity index (χ4n) is 2.70. The summed E-state index contributed by atoms with van der Waals surface area (Å²) in [6.45, 7) is 6.43. The monoisotopic (exact) mass is 285 g/mol. The summed E-state index contributed by atoms with van der Waals surface area (Å²) >= 11 is 4.03. The van der Waals surface area contributed by atoms with Gasteiger partial charge in [0.2, 0.25) is 0 Å². The molecule has 0 aliphatic carbocycles. The number of rotatable bonds is 3. The van der Waals surface area contributed by atoms with Crippen molar-refractivity contribution in [2.75, 3.05) is 6.54 Å². The highest BCUT2D eigenvalue weighted by Gasteiger charge is 2.30. The summed E-state index contributed by atoms with van der Waals surface area (Å²) in [6.07, 6.45) is 8.59. The van der Waals surface area contributed by atoms with Gasteiger partial charge in [-0.25, -0.2) is 0 Å². The largest absolute Gasteiger partial charge is 0.322 e. The van der Waals surface area contributed by atoms with Crippen LogP contribution < -0.4 is 0 Å². The van der Waals surface area contributed by atoms with E-state index in [0.717, 1.165) is 12.0 Å². The minimum atomic E-state index is -0.191. The topological polar surface area (TPSA) is 20.3 Å². The van der Waals surface area contributed by atoms with Crippen LogP contribution in [0.25, 0.3) is 0 Å². The Kier molecular flexibility index (Phi) is 4.85. The number of thiol groups is 1. The smallest absolute Gasteiger partial charge is 0.279 e. The third-order valence-electron chi connectivity index (χ3n) is 3.51. The lowest BCUT2D eigenvalue weighted by atomic mass is 9.88. The molecule has 0 fully saturated rings. The summed E-state index contributed by atoms with van der Waals surface area (Å²) in [6, 6.07) is 8.19. The van der Waals surface area contributed by atoms with E-state index in [4.69, 9.17) is 0 Å². The van der Waals surface area contributed by atoms with E-state index in [1.165, 1.54) is 11.1 Å². The van der Waals surface area contributed by atoms with E-state index >= 15 is 0 Å². The Morgan fingerprint density at radius 3 is 2.85 bits per heavy atom. The van der Waals surface area contributed by atoms with Gasteiger partial charge in [0.15, 0.2) is 0 Å². The van der Waals surface area contributed by atoms with Crippen molar-refractivity contribution in [3.63, 3.8) is 0 Å². The molecule has 2 nitrogen and oxygen atoms in total. The second kappa shape index (κ2) is 6.62. The summed E-state index contributed by atoms with van der Waals surface area (Å²) < 4.78 is 0. The summed E-state index contributed by atoms with van der Waals surface area (Å²) in [5.74, 6) is 0. The molecule has 1 aromatic carbocycles. The van der Waals surface area contributed by atoms with Crippen molar-refractivity contribution < 1.29 is 4.79 Å². The number of hydrogen-bond acceptors (Lipinski definition) is 1. The Morgan fingerprint density at radius 2 is 2.20 bits per heavy atom. The zero-order valence-corrected chi connectivity index (χ0v) is 12.5. The van der Waals surface area contributed by atoms with E-state index in [1.54, 1.807) is 11.0 Å². The van der Waals surface area contributed by atoms with Gasteiger partial charge in [-0.2, -0.15) is 0 Å². The van der Waals surface area contributed by atoms with E-state index < -0.39 is 0 Å². The molecule has 1 atom stereocenters. The van der Waals surface area contributed by atoms with E-state index in [9.17, 15) is 4.79 Å². The number of nitrogens with zero attached hydrogens (tertiary/aromatic N) is 1. The standard InChI is InChI=1S/C17H19NOS/c1-3-7-14(8-4-2)16-15-10-6-5-9-13(15)11-12-18(16)17(19)20/h3-10,16H,1,11-12H2,2H3,(H,19,20)/b8-4-,14-7+/t16-/m0/s1. The number of fused-ring (bicyclic) bond motifs is 1. The number of carbonyl (C=O) groups is 1. The quantitative estimate of drug-likeness (QED) is 0.647. The molecule has 3 heteroatoms. The van der Waals surface area contributed by atoms with E-state index in [2.05, 4.69) is 31.3 Å². The molecule has 0 aromatic heterocycles. The van der Waals surface area contributed by atoms with Gasteiger partial charge in [0.25, 0.3) is 5.24 Å². The van der Waals surface area contributed by atoms with Crippen LogP contribution in [0.4, 0.5) is 4.79 Å². The van der Waals surface area contributed by atoms with Gasteiger partial charge in [-0.3, -0.25) is 4.79 Å². The maximum Gasteiger partial charge on any atom is 0.279 e. The average Bonchev–Trinajstić information content (AvgIpc) is 2.45. The van der Waals surface area contributed by atoms with Crippen molar-refractivity contribution in [3.05, 3.63) is 71.8 Å². The van der Waals surface area contributed by atoms with Crippen molar-refractivity contribution in [2.45, 2.75) is 19.4 Å². The molecule has 1 aliphatic rings. The third-order valence-corrected chi connectivity index (χ3v) is 3.77. The van der Waals surface area contributed by atoms with E-state index in [-0.39, 0.29) is 11.3 Å². The van der Waals surface area contributed by atoms with Crippen LogP contribution in [0.5, 0.6) is 0 Å². The third kappa shape index (κ3) is 2.88. The predicted octanol–water partition coefficient (Wildman–Crippen LogP) is 4.32. The van der Waals surface area contributed by atoms with Crippen LogP contribution in [-0.4, -0.2) is 16.7 Å².